The second-order valence-corrected chi connectivity index (χ2v) is 5.40. The van der Waals surface area contributed by atoms with E-state index in [-0.39, 0.29) is 6.10 Å². The fourth-order valence-corrected chi connectivity index (χ4v) is 2.73. The monoisotopic (exact) mass is 253 g/mol. The van der Waals surface area contributed by atoms with Gasteiger partial charge in [-0.1, -0.05) is 36.6 Å². The molecule has 0 aliphatic heterocycles. The minimum absolute atomic E-state index is 0.166. The van der Waals surface area contributed by atoms with E-state index in [2.05, 4.69) is 11.9 Å². The van der Waals surface area contributed by atoms with Crippen molar-refractivity contribution in [1.82, 2.24) is 4.90 Å². The minimum atomic E-state index is -0.166. The Bertz CT molecular complexity index is 352. The predicted molar refractivity (Wildman–Crippen MR) is 71.2 cm³/mol. The SMILES string of the molecule is CN(Cc1ccc(Cl)cc1)C1CCCCC1O. The Morgan fingerprint density at radius 3 is 2.53 bits per heavy atom. The van der Waals surface area contributed by atoms with Crippen molar-refractivity contribution in [1.29, 1.82) is 0 Å². The highest BCUT2D eigenvalue weighted by Gasteiger charge is 2.26. The van der Waals surface area contributed by atoms with E-state index < -0.39 is 0 Å². The molecule has 1 aromatic carbocycles. The summed E-state index contributed by atoms with van der Waals surface area (Å²) in [6, 6.07) is 8.24. The van der Waals surface area contributed by atoms with Crippen LogP contribution in [0, 0.1) is 0 Å². The lowest BCUT2D eigenvalue weighted by atomic mass is 9.91. The Kier molecular flexibility index (Phi) is 4.43. The summed E-state index contributed by atoms with van der Waals surface area (Å²) in [7, 11) is 2.09. The van der Waals surface area contributed by atoms with Crippen LogP contribution in [0.4, 0.5) is 0 Å². The smallest absolute Gasteiger partial charge is 0.0695 e. The molecule has 1 saturated carbocycles. The quantitative estimate of drug-likeness (QED) is 0.895. The zero-order chi connectivity index (χ0) is 12.3. The van der Waals surface area contributed by atoms with Gasteiger partial charge < -0.3 is 5.11 Å². The fraction of sp³-hybridized carbons (Fsp3) is 0.571. The second kappa shape index (κ2) is 5.85. The Labute approximate surface area is 108 Å². The molecule has 1 aliphatic carbocycles. The highest BCUT2D eigenvalue weighted by molar-refractivity contribution is 6.30. The molecule has 0 heterocycles. The van der Waals surface area contributed by atoms with Crippen LogP contribution in [0.3, 0.4) is 0 Å². The van der Waals surface area contributed by atoms with Crippen LogP contribution in [-0.4, -0.2) is 29.2 Å². The molecule has 0 bridgehead atoms. The van der Waals surface area contributed by atoms with Crippen LogP contribution < -0.4 is 0 Å². The van der Waals surface area contributed by atoms with Crippen molar-refractivity contribution in [2.75, 3.05) is 7.05 Å². The molecule has 2 nitrogen and oxygen atoms in total. The van der Waals surface area contributed by atoms with Gasteiger partial charge in [-0.3, -0.25) is 4.90 Å². The van der Waals surface area contributed by atoms with Gasteiger partial charge in [0.05, 0.1) is 6.10 Å². The van der Waals surface area contributed by atoms with Gasteiger partial charge in [0, 0.05) is 17.6 Å². The van der Waals surface area contributed by atoms with Crippen LogP contribution in [0.15, 0.2) is 24.3 Å². The first-order valence-corrected chi connectivity index (χ1v) is 6.67. The molecule has 0 spiro atoms. The molecule has 2 rings (SSSR count). The van der Waals surface area contributed by atoms with E-state index >= 15 is 0 Å². The van der Waals surface area contributed by atoms with Crippen LogP contribution >= 0.6 is 11.6 Å². The summed E-state index contributed by atoms with van der Waals surface area (Å²) in [6.45, 7) is 0.874. The summed E-state index contributed by atoms with van der Waals surface area (Å²) in [5.41, 5.74) is 1.25. The molecule has 1 fully saturated rings. The highest BCUT2D eigenvalue weighted by Crippen LogP contribution is 2.23. The summed E-state index contributed by atoms with van der Waals surface area (Å²) < 4.78 is 0. The lowest BCUT2D eigenvalue weighted by molar-refractivity contribution is 0.0288. The van der Waals surface area contributed by atoms with Crippen molar-refractivity contribution < 1.29 is 5.11 Å². The largest absolute Gasteiger partial charge is 0.391 e. The molecule has 0 aromatic heterocycles. The number of hydrogen-bond acceptors (Lipinski definition) is 2. The summed E-state index contributed by atoms with van der Waals surface area (Å²) in [5, 5.41) is 10.8. The van der Waals surface area contributed by atoms with Crippen LogP contribution in [0.2, 0.25) is 5.02 Å². The Morgan fingerprint density at radius 2 is 1.88 bits per heavy atom. The van der Waals surface area contributed by atoms with Gasteiger partial charge in [-0.15, -0.1) is 0 Å². The lowest BCUT2D eigenvalue weighted by Crippen LogP contribution is -2.42. The molecule has 0 radical (unpaired) electrons. The van der Waals surface area contributed by atoms with Gasteiger partial charge in [-0.2, -0.15) is 0 Å². The number of benzene rings is 1. The van der Waals surface area contributed by atoms with E-state index in [0.29, 0.717) is 6.04 Å². The van der Waals surface area contributed by atoms with Crippen LogP contribution in [0.1, 0.15) is 31.2 Å². The van der Waals surface area contributed by atoms with Gasteiger partial charge in [-0.25, -0.2) is 0 Å². The number of halogens is 1. The molecule has 0 amide bonds. The first-order chi connectivity index (χ1) is 8.16. The number of likely N-dealkylation sites (N-methyl/N-ethyl adjacent to an activating group) is 1. The number of aliphatic hydroxyl groups is 1. The molecule has 1 aliphatic rings. The first kappa shape index (κ1) is 12.9. The van der Waals surface area contributed by atoms with Crippen LogP contribution in [0.25, 0.3) is 0 Å². The van der Waals surface area contributed by atoms with E-state index in [0.717, 1.165) is 30.8 Å². The average molecular weight is 254 g/mol. The molecular formula is C14H20ClNO. The normalized spacial score (nSPS) is 25.2. The van der Waals surface area contributed by atoms with E-state index in [1.807, 2.05) is 24.3 Å². The topological polar surface area (TPSA) is 23.5 Å². The van der Waals surface area contributed by atoms with Crippen molar-refractivity contribution in [2.45, 2.75) is 44.4 Å². The van der Waals surface area contributed by atoms with Crippen molar-refractivity contribution in [3.8, 4) is 0 Å². The van der Waals surface area contributed by atoms with Gasteiger partial charge in [0.2, 0.25) is 0 Å². The maximum absolute atomic E-state index is 10.00. The number of aliphatic hydroxyl groups excluding tert-OH is 1. The molecule has 94 valence electrons. The Balaban J connectivity index is 1.95. The van der Waals surface area contributed by atoms with Gasteiger partial charge in [0.15, 0.2) is 0 Å². The van der Waals surface area contributed by atoms with E-state index in [1.165, 1.54) is 12.0 Å². The third-order valence-electron chi connectivity index (χ3n) is 3.61. The standard InChI is InChI=1S/C14H20ClNO/c1-16(13-4-2-3-5-14(13)17)10-11-6-8-12(15)9-7-11/h6-9,13-14,17H,2-5,10H2,1H3. The maximum atomic E-state index is 10.00. The van der Waals surface area contributed by atoms with Crippen LogP contribution in [0.5, 0.6) is 0 Å². The zero-order valence-electron chi connectivity index (χ0n) is 10.3. The van der Waals surface area contributed by atoms with E-state index in [4.69, 9.17) is 11.6 Å². The van der Waals surface area contributed by atoms with Crippen molar-refractivity contribution >= 4 is 11.6 Å². The summed E-state index contributed by atoms with van der Waals surface area (Å²) in [4.78, 5) is 2.26. The number of nitrogens with zero attached hydrogens (tertiary/aromatic N) is 1. The molecule has 3 heteroatoms. The Hall–Kier alpha value is -0.570. The van der Waals surface area contributed by atoms with Crippen molar-refractivity contribution in [2.24, 2.45) is 0 Å². The van der Waals surface area contributed by atoms with E-state index in [9.17, 15) is 5.11 Å². The Morgan fingerprint density at radius 1 is 1.24 bits per heavy atom. The maximum Gasteiger partial charge on any atom is 0.0695 e. The first-order valence-electron chi connectivity index (χ1n) is 6.29. The summed E-state index contributed by atoms with van der Waals surface area (Å²) in [5.74, 6) is 0. The molecule has 0 saturated heterocycles. The number of hydrogen-bond donors (Lipinski definition) is 1. The highest BCUT2D eigenvalue weighted by atomic mass is 35.5. The van der Waals surface area contributed by atoms with Gasteiger partial charge in [0.1, 0.15) is 0 Å². The molecule has 2 unspecified atom stereocenters. The lowest BCUT2D eigenvalue weighted by Gasteiger charge is -2.35. The molecule has 1 aromatic rings. The number of rotatable bonds is 3. The van der Waals surface area contributed by atoms with Gasteiger partial charge in [0.25, 0.3) is 0 Å². The van der Waals surface area contributed by atoms with Gasteiger partial charge in [-0.05, 0) is 37.6 Å². The second-order valence-electron chi connectivity index (χ2n) is 4.96. The molecule has 2 atom stereocenters. The third kappa shape index (κ3) is 3.44. The minimum Gasteiger partial charge on any atom is -0.391 e. The molecule has 1 N–H and O–H groups in total. The molecule has 17 heavy (non-hydrogen) atoms. The fourth-order valence-electron chi connectivity index (χ4n) is 2.60. The molecular weight excluding hydrogens is 234 g/mol. The van der Waals surface area contributed by atoms with Crippen molar-refractivity contribution in [3.63, 3.8) is 0 Å². The van der Waals surface area contributed by atoms with Crippen molar-refractivity contribution in [3.05, 3.63) is 34.9 Å². The summed E-state index contributed by atoms with van der Waals surface area (Å²) >= 11 is 5.87. The average Bonchev–Trinajstić information content (AvgIpc) is 2.32. The zero-order valence-corrected chi connectivity index (χ0v) is 11.0. The van der Waals surface area contributed by atoms with E-state index in [1.54, 1.807) is 0 Å². The summed E-state index contributed by atoms with van der Waals surface area (Å²) in [6.07, 6.45) is 4.26. The van der Waals surface area contributed by atoms with Crippen LogP contribution in [-0.2, 0) is 6.54 Å². The van der Waals surface area contributed by atoms with Gasteiger partial charge >= 0.3 is 0 Å². The third-order valence-corrected chi connectivity index (χ3v) is 3.86. The predicted octanol–water partition coefficient (Wildman–Crippen LogP) is 3.08.